The maximum atomic E-state index is 11.6. The molecule has 0 aliphatic carbocycles. The van der Waals surface area contributed by atoms with Crippen LogP contribution in [0.3, 0.4) is 0 Å². The minimum absolute atomic E-state index is 0.0666. The molecule has 2 aliphatic rings. The molecular weight excluding hydrogens is 444 g/mol. The van der Waals surface area contributed by atoms with Crippen LogP contribution in [-0.4, -0.2) is 40.5 Å². The topological polar surface area (TPSA) is 172 Å². The molecule has 1 atom stereocenters. The Morgan fingerprint density at radius 3 is 2.81 bits per heavy atom. The first-order valence-electron chi connectivity index (χ1n) is 9.15. The first kappa shape index (κ1) is 19.9. The number of nitrogens with one attached hydrogen (secondary N) is 2. The maximum absolute atomic E-state index is 11.6. The quantitative estimate of drug-likeness (QED) is 0.395. The van der Waals surface area contributed by atoms with Gasteiger partial charge in [-0.1, -0.05) is 11.8 Å². The predicted octanol–water partition coefficient (Wildman–Crippen LogP) is 0.239. The summed E-state index contributed by atoms with van der Waals surface area (Å²) in [7, 11) is -3.69. The van der Waals surface area contributed by atoms with Gasteiger partial charge in [0.1, 0.15) is 6.33 Å². The highest BCUT2D eigenvalue weighted by molar-refractivity contribution is 7.99. The van der Waals surface area contributed by atoms with E-state index in [-0.39, 0.29) is 31.0 Å². The monoisotopic (exact) mass is 462 g/mol. The molecule has 6 N–H and O–H groups in total. The molecule has 0 spiro atoms. The van der Waals surface area contributed by atoms with Gasteiger partial charge in [-0.3, -0.25) is 0 Å². The fourth-order valence-corrected chi connectivity index (χ4v) is 4.84. The zero-order valence-electron chi connectivity index (χ0n) is 16.0. The third-order valence-electron chi connectivity index (χ3n) is 4.78. The van der Waals surface area contributed by atoms with E-state index in [4.69, 9.17) is 20.3 Å². The summed E-state index contributed by atoms with van der Waals surface area (Å²) in [5.41, 5.74) is 13.8. The number of nitrogens with two attached hydrogens (primary N) is 2. The Labute approximate surface area is 181 Å². The lowest BCUT2D eigenvalue weighted by molar-refractivity contribution is 0.174. The second-order valence-corrected chi connectivity index (χ2v) is 9.56. The summed E-state index contributed by atoms with van der Waals surface area (Å²) in [5.74, 6) is 1.20. The molecule has 1 aromatic carbocycles. The predicted molar refractivity (Wildman–Crippen MR) is 113 cm³/mol. The molecule has 0 saturated carbocycles. The molecular formula is C17H18N8O4S2. The van der Waals surface area contributed by atoms with Gasteiger partial charge in [0.15, 0.2) is 33.6 Å². The highest BCUT2D eigenvalue weighted by Gasteiger charge is 2.25. The molecule has 0 fully saturated rings. The Morgan fingerprint density at radius 1 is 1.26 bits per heavy atom. The van der Waals surface area contributed by atoms with E-state index in [1.54, 1.807) is 10.8 Å². The molecule has 2 aliphatic heterocycles. The highest BCUT2D eigenvalue weighted by Crippen LogP contribution is 2.43. The Hall–Kier alpha value is -3.07. The average Bonchev–Trinajstić information content (AvgIpc) is 3.45. The Kier molecular flexibility index (Phi) is 4.85. The summed E-state index contributed by atoms with van der Waals surface area (Å²) in [6.07, 6.45) is 5.09. The lowest BCUT2D eigenvalue weighted by atomic mass is 10.1. The number of aryl methyl sites for hydroxylation is 1. The third-order valence-corrected chi connectivity index (χ3v) is 6.60. The summed E-state index contributed by atoms with van der Waals surface area (Å²) in [6.45, 7) is 0.214. The number of primary sulfonamides is 1. The number of aromatic nitrogens is 4. The van der Waals surface area contributed by atoms with Crippen molar-refractivity contribution >= 4 is 38.8 Å². The number of imidazole rings is 1. The number of nitrogens with zero attached hydrogens (tertiary/aromatic N) is 4. The van der Waals surface area contributed by atoms with Gasteiger partial charge in [0.25, 0.3) is 0 Å². The number of rotatable bonds is 6. The van der Waals surface area contributed by atoms with Crippen LogP contribution in [-0.2, 0) is 16.6 Å². The van der Waals surface area contributed by atoms with Crippen LogP contribution in [0.4, 0.5) is 5.82 Å². The summed E-state index contributed by atoms with van der Waals surface area (Å²) in [4.78, 5) is 13.7. The molecule has 31 heavy (non-hydrogen) atoms. The van der Waals surface area contributed by atoms with E-state index in [1.807, 2.05) is 18.2 Å². The molecule has 5 rings (SSSR count). The number of hydrazine groups is 1. The van der Waals surface area contributed by atoms with Crippen molar-refractivity contribution in [1.82, 2.24) is 30.4 Å². The molecule has 12 nitrogen and oxygen atoms in total. The number of fused-ring (bicyclic) bond motifs is 2. The number of nitrogen functional groups attached to an aromatic ring is 1. The van der Waals surface area contributed by atoms with Crippen molar-refractivity contribution in [2.75, 3.05) is 18.3 Å². The van der Waals surface area contributed by atoms with Crippen molar-refractivity contribution < 1.29 is 17.9 Å². The van der Waals surface area contributed by atoms with E-state index in [1.165, 1.54) is 18.1 Å². The van der Waals surface area contributed by atoms with Crippen molar-refractivity contribution in [3.8, 4) is 11.5 Å². The van der Waals surface area contributed by atoms with Crippen molar-refractivity contribution in [3.05, 3.63) is 36.3 Å². The molecule has 4 heterocycles. The molecule has 162 valence electrons. The van der Waals surface area contributed by atoms with Gasteiger partial charge < -0.3 is 25.2 Å². The van der Waals surface area contributed by atoms with Gasteiger partial charge in [0.05, 0.1) is 11.8 Å². The van der Waals surface area contributed by atoms with Crippen molar-refractivity contribution in [2.45, 2.75) is 22.6 Å². The van der Waals surface area contributed by atoms with Crippen LogP contribution in [0.5, 0.6) is 11.5 Å². The smallest absolute Gasteiger partial charge is 0.231 e. The fourth-order valence-electron chi connectivity index (χ4n) is 3.31. The largest absolute Gasteiger partial charge is 0.454 e. The van der Waals surface area contributed by atoms with Crippen molar-refractivity contribution in [2.24, 2.45) is 5.14 Å². The number of benzene rings is 1. The van der Waals surface area contributed by atoms with E-state index < -0.39 is 10.0 Å². The maximum Gasteiger partial charge on any atom is 0.231 e. The van der Waals surface area contributed by atoms with E-state index in [9.17, 15) is 8.42 Å². The number of hydrogen-bond acceptors (Lipinski definition) is 11. The Morgan fingerprint density at radius 2 is 2.06 bits per heavy atom. The SMILES string of the molecule is Nc1ncnc2c1nc(Sc1cc3c(cc1C1C=CNN1)OCO3)n2CCS(N)(=O)=O. The molecule has 14 heteroatoms. The standard InChI is InChI=1S/C17H18N8O4S2/c18-15-14-16(21-7-20-15)25(3-4-31(19,26)27)17(23-14)30-13-6-12-11(28-8-29-12)5-9(13)10-1-2-22-24-10/h1-2,5-7,10,22,24H,3-4,8H2,(H2,18,20,21)(H2,19,26,27). The summed E-state index contributed by atoms with van der Waals surface area (Å²) < 4.78 is 35.9. The van der Waals surface area contributed by atoms with E-state index >= 15 is 0 Å². The van der Waals surface area contributed by atoms with Gasteiger partial charge >= 0.3 is 0 Å². The zero-order chi connectivity index (χ0) is 21.6. The average molecular weight is 463 g/mol. The minimum atomic E-state index is -3.69. The van der Waals surface area contributed by atoms with Crippen LogP contribution >= 0.6 is 11.8 Å². The van der Waals surface area contributed by atoms with E-state index in [0.717, 1.165) is 10.5 Å². The van der Waals surface area contributed by atoms with Crippen molar-refractivity contribution in [1.29, 1.82) is 0 Å². The fraction of sp³-hybridized carbons (Fsp3) is 0.235. The normalized spacial score (nSPS) is 17.4. The number of sulfonamides is 1. The van der Waals surface area contributed by atoms with Crippen LogP contribution in [0.25, 0.3) is 11.2 Å². The minimum Gasteiger partial charge on any atom is -0.454 e. The molecule has 2 aromatic heterocycles. The Balaban J connectivity index is 1.60. The van der Waals surface area contributed by atoms with Gasteiger partial charge in [-0.15, -0.1) is 0 Å². The summed E-state index contributed by atoms with van der Waals surface area (Å²) in [5, 5.41) is 5.72. The first-order valence-corrected chi connectivity index (χ1v) is 11.7. The Bertz CT molecular complexity index is 1310. The van der Waals surface area contributed by atoms with Gasteiger partial charge in [-0.25, -0.2) is 33.9 Å². The number of hydrogen-bond donors (Lipinski definition) is 4. The number of anilines is 1. The summed E-state index contributed by atoms with van der Waals surface area (Å²) in [6, 6.07) is 3.67. The lowest BCUT2D eigenvalue weighted by Gasteiger charge is -2.16. The van der Waals surface area contributed by atoms with Crippen LogP contribution < -0.4 is 31.2 Å². The molecule has 3 aromatic rings. The van der Waals surface area contributed by atoms with Crippen LogP contribution in [0.1, 0.15) is 11.6 Å². The second-order valence-electron chi connectivity index (χ2n) is 6.81. The van der Waals surface area contributed by atoms with Crippen LogP contribution in [0.15, 0.2) is 40.8 Å². The van der Waals surface area contributed by atoms with E-state index in [0.29, 0.717) is 27.8 Å². The zero-order valence-corrected chi connectivity index (χ0v) is 17.6. The van der Waals surface area contributed by atoms with Crippen LogP contribution in [0, 0.1) is 0 Å². The molecule has 0 radical (unpaired) electrons. The molecule has 0 saturated heterocycles. The number of ether oxygens (including phenoxy) is 2. The van der Waals surface area contributed by atoms with E-state index in [2.05, 4.69) is 25.8 Å². The molecule has 0 amide bonds. The van der Waals surface area contributed by atoms with Gasteiger partial charge in [0, 0.05) is 17.6 Å². The first-order chi connectivity index (χ1) is 14.9. The molecule has 0 bridgehead atoms. The van der Waals surface area contributed by atoms with Gasteiger partial charge in [0.2, 0.25) is 16.8 Å². The summed E-state index contributed by atoms with van der Waals surface area (Å²) >= 11 is 1.33. The third kappa shape index (κ3) is 3.85. The second kappa shape index (κ2) is 7.56. The molecule has 1 unspecified atom stereocenters. The van der Waals surface area contributed by atoms with Gasteiger partial charge in [-0.2, -0.15) is 0 Å². The van der Waals surface area contributed by atoms with Gasteiger partial charge in [-0.05, 0) is 23.8 Å². The highest BCUT2D eigenvalue weighted by atomic mass is 32.2. The van der Waals surface area contributed by atoms with Crippen molar-refractivity contribution in [3.63, 3.8) is 0 Å². The lowest BCUT2D eigenvalue weighted by Crippen LogP contribution is -2.24. The van der Waals surface area contributed by atoms with Crippen LogP contribution in [0.2, 0.25) is 0 Å².